The lowest BCUT2D eigenvalue weighted by Gasteiger charge is -2.24. The maximum absolute atomic E-state index is 13.0. The highest BCUT2D eigenvalue weighted by atomic mass is 19.1. The zero-order chi connectivity index (χ0) is 16.4. The molecule has 0 amide bonds. The molecule has 1 aromatic carbocycles. The predicted molar refractivity (Wildman–Crippen MR) is 87.7 cm³/mol. The van der Waals surface area contributed by atoms with Gasteiger partial charge in [-0.3, -0.25) is 14.1 Å². The Kier molecular flexibility index (Phi) is 4.21. The number of hydrogen-bond acceptors (Lipinski definition) is 3. The SMILES string of the molecule is C[C@H](c1ccc(F)cc1)N(C)Cc1cc(=O)n2ccccc2n1. The molecule has 0 aliphatic carbocycles. The third-order valence-corrected chi connectivity index (χ3v) is 4.05. The molecule has 0 saturated heterocycles. The molecule has 0 N–H and O–H groups in total. The van der Waals surface area contributed by atoms with Gasteiger partial charge in [0.25, 0.3) is 5.56 Å². The zero-order valence-electron chi connectivity index (χ0n) is 13.1. The standard InChI is InChI=1S/C18H18FN3O/c1-13(14-6-8-15(19)9-7-14)21(2)12-16-11-18(23)22-10-4-3-5-17(22)20-16/h3-11,13H,12H2,1-2H3/t13-/m1/s1. The summed E-state index contributed by atoms with van der Waals surface area (Å²) in [5.74, 6) is -0.243. The highest BCUT2D eigenvalue weighted by molar-refractivity contribution is 5.38. The second-order valence-corrected chi connectivity index (χ2v) is 5.66. The average molecular weight is 311 g/mol. The molecule has 0 fully saturated rings. The van der Waals surface area contributed by atoms with Gasteiger partial charge in [0.2, 0.25) is 0 Å². The number of benzene rings is 1. The van der Waals surface area contributed by atoms with Gasteiger partial charge >= 0.3 is 0 Å². The van der Waals surface area contributed by atoms with E-state index in [9.17, 15) is 9.18 Å². The molecular weight excluding hydrogens is 293 g/mol. The highest BCUT2D eigenvalue weighted by Crippen LogP contribution is 2.20. The Morgan fingerprint density at radius 2 is 1.96 bits per heavy atom. The molecule has 0 bridgehead atoms. The Bertz CT molecular complexity index is 873. The molecule has 0 spiro atoms. The van der Waals surface area contributed by atoms with Crippen LogP contribution in [0.15, 0.2) is 59.5 Å². The summed E-state index contributed by atoms with van der Waals surface area (Å²) in [7, 11) is 1.96. The van der Waals surface area contributed by atoms with Crippen molar-refractivity contribution in [1.29, 1.82) is 0 Å². The fourth-order valence-electron chi connectivity index (χ4n) is 2.57. The van der Waals surface area contributed by atoms with E-state index in [0.29, 0.717) is 12.2 Å². The normalized spacial score (nSPS) is 12.7. The maximum Gasteiger partial charge on any atom is 0.258 e. The first-order chi connectivity index (χ1) is 11.0. The van der Waals surface area contributed by atoms with Crippen molar-refractivity contribution in [3.05, 3.63) is 82.2 Å². The predicted octanol–water partition coefficient (Wildman–Crippen LogP) is 3.03. The number of pyridine rings is 1. The van der Waals surface area contributed by atoms with Crippen molar-refractivity contribution in [3.63, 3.8) is 0 Å². The summed E-state index contributed by atoms with van der Waals surface area (Å²) in [5, 5.41) is 0. The van der Waals surface area contributed by atoms with E-state index in [4.69, 9.17) is 0 Å². The molecule has 2 heterocycles. The van der Waals surface area contributed by atoms with E-state index in [-0.39, 0.29) is 17.4 Å². The first kappa shape index (κ1) is 15.4. The van der Waals surface area contributed by atoms with Gasteiger partial charge in [0.05, 0.1) is 5.69 Å². The summed E-state index contributed by atoms with van der Waals surface area (Å²) in [6.45, 7) is 2.58. The van der Waals surface area contributed by atoms with Gasteiger partial charge in [0.1, 0.15) is 11.5 Å². The molecule has 0 aliphatic heterocycles. The second-order valence-electron chi connectivity index (χ2n) is 5.66. The van der Waals surface area contributed by atoms with Crippen molar-refractivity contribution < 1.29 is 4.39 Å². The first-order valence-corrected chi connectivity index (χ1v) is 7.47. The number of fused-ring (bicyclic) bond motifs is 1. The average Bonchev–Trinajstić information content (AvgIpc) is 2.55. The van der Waals surface area contributed by atoms with Crippen molar-refractivity contribution in [2.45, 2.75) is 19.5 Å². The van der Waals surface area contributed by atoms with Crippen LogP contribution in [0.3, 0.4) is 0 Å². The number of hydrogen-bond donors (Lipinski definition) is 0. The number of nitrogens with zero attached hydrogens (tertiary/aromatic N) is 3. The lowest BCUT2D eigenvalue weighted by atomic mass is 10.1. The van der Waals surface area contributed by atoms with Gasteiger partial charge in [-0.2, -0.15) is 0 Å². The topological polar surface area (TPSA) is 37.6 Å². The second kappa shape index (κ2) is 6.30. The van der Waals surface area contributed by atoms with Crippen LogP contribution in [-0.2, 0) is 6.54 Å². The maximum atomic E-state index is 13.0. The van der Waals surface area contributed by atoms with E-state index in [1.54, 1.807) is 30.5 Å². The number of aromatic nitrogens is 2. The van der Waals surface area contributed by atoms with Gasteiger partial charge in [-0.05, 0) is 43.8 Å². The smallest absolute Gasteiger partial charge is 0.258 e. The molecule has 0 unspecified atom stereocenters. The lowest BCUT2D eigenvalue weighted by Crippen LogP contribution is -2.24. The minimum absolute atomic E-state index is 0.0894. The molecule has 5 heteroatoms. The minimum Gasteiger partial charge on any atom is -0.294 e. The van der Waals surface area contributed by atoms with Crippen LogP contribution in [0, 0.1) is 5.82 Å². The third-order valence-electron chi connectivity index (χ3n) is 4.05. The van der Waals surface area contributed by atoms with E-state index < -0.39 is 0 Å². The summed E-state index contributed by atoms with van der Waals surface area (Å²) >= 11 is 0. The quantitative estimate of drug-likeness (QED) is 0.743. The van der Waals surface area contributed by atoms with E-state index >= 15 is 0 Å². The molecule has 3 rings (SSSR count). The molecule has 0 saturated carbocycles. The van der Waals surface area contributed by atoms with Gasteiger partial charge < -0.3 is 0 Å². The van der Waals surface area contributed by atoms with Gasteiger partial charge in [0.15, 0.2) is 0 Å². The third kappa shape index (κ3) is 3.29. The summed E-state index contributed by atoms with van der Waals surface area (Å²) in [4.78, 5) is 18.7. The van der Waals surface area contributed by atoms with E-state index in [1.807, 2.05) is 26.1 Å². The van der Waals surface area contributed by atoms with Crippen molar-refractivity contribution in [2.24, 2.45) is 0 Å². The van der Waals surface area contributed by atoms with Crippen LogP contribution in [0.4, 0.5) is 4.39 Å². The molecular formula is C18H18FN3O. The fraction of sp³-hybridized carbons (Fsp3) is 0.222. The molecule has 3 aromatic rings. The van der Waals surface area contributed by atoms with Crippen LogP contribution < -0.4 is 5.56 Å². The van der Waals surface area contributed by atoms with Crippen LogP contribution in [-0.4, -0.2) is 21.3 Å². The summed E-state index contributed by atoms with van der Waals surface area (Å²) in [6.07, 6.45) is 1.71. The van der Waals surface area contributed by atoms with E-state index in [2.05, 4.69) is 9.88 Å². The van der Waals surface area contributed by atoms with E-state index in [1.165, 1.54) is 16.5 Å². The van der Waals surface area contributed by atoms with Gasteiger partial charge in [-0.25, -0.2) is 9.37 Å². The molecule has 118 valence electrons. The zero-order valence-corrected chi connectivity index (χ0v) is 13.1. The highest BCUT2D eigenvalue weighted by Gasteiger charge is 2.13. The van der Waals surface area contributed by atoms with Crippen molar-refractivity contribution in [1.82, 2.24) is 14.3 Å². The molecule has 0 radical (unpaired) electrons. The largest absolute Gasteiger partial charge is 0.294 e. The molecule has 4 nitrogen and oxygen atoms in total. The molecule has 1 atom stereocenters. The Morgan fingerprint density at radius 1 is 1.22 bits per heavy atom. The van der Waals surface area contributed by atoms with Crippen LogP contribution in [0.1, 0.15) is 24.2 Å². The lowest BCUT2D eigenvalue weighted by molar-refractivity contribution is 0.250. The Balaban J connectivity index is 1.83. The van der Waals surface area contributed by atoms with Gasteiger partial charge in [-0.15, -0.1) is 0 Å². The van der Waals surface area contributed by atoms with Crippen molar-refractivity contribution >= 4 is 5.65 Å². The Morgan fingerprint density at radius 3 is 2.70 bits per heavy atom. The van der Waals surface area contributed by atoms with Crippen LogP contribution in [0.25, 0.3) is 5.65 Å². The van der Waals surface area contributed by atoms with Crippen molar-refractivity contribution in [3.8, 4) is 0 Å². The Labute approximate surface area is 133 Å². The first-order valence-electron chi connectivity index (χ1n) is 7.47. The summed E-state index contributed by atoms with van der Waals surface area (Å²) in [6, 6.07) is 13.6. The number of halogens is 1. The summed E-state index contributed by atoms with van der Waals surface area (Å²) in [5.41, 5.74) is 2.29. The van der Waals surface area contributed by atoms with Crippen LogP contribution in [0.5, 0.6) is 0 Å². The van der Waals surface area contributed by atoms with Crippen molar-refractivity contribution in [2.75, 3.05) is 7.05 Å². The minimum atomic E-state index is -0.243. The molecule has 23 heavy (non-hydrogen) atoms. The monoisotopic (exact) mass is 311 g/mol. The van der Waals surface area contributed by atoms with Crippen LogP contribution >= 0.6 is 0 Å². The molecule has 2 aromatic heterocycles. The summed E-state index contributed by atoms with van der Waals surface area (Å²) < 4.78 is 14.6. The Hall–Kier alpha value is -2.53. The van der Waals surface area contributed by atoms with E-state index in [0.717, 1.165) is 11.3 Å². The molecule has 0 aliphatic rings. The van der Waals surface area contributed by atoms with Gasteiger partial charge in [0, 0.05) is 24.8 Å². The van der Waals surface area contributed by atoms with Crippen LogP contribution in [0.2, 0.25) is 0 Å². The number of rotatable bonds is 4. The van der Waals surface area contributed by atoms with Gasteiger partial charge in [-0.1, -0.05) is 18.2 Å². The fourth-order valence-corrected chi connectivity index (χ4v) is 2.57.